The predicted octanol–water partition coefficient (Wildman–Crippen LogP) is 4.06. The van der Waals surface area contributed by atoms with Gasteiger partial charge in [0.15, 0.2) is 5.58 Å². The summed E-state index contributed by atoms with van der Waals surface area (Å²) in [6.45, 7) is 0.103. The third-order valence-electron chi connectivity index (χ3n) is 3.20. The average molecular weight is 351 g/mol. The first-order chi connectivity index (χ1) is 12.2. The maximum atomic E-state index is 11.6. The molecular formula is C19H13NO4S. The van der Waals surface area contributed by atoms with Crippen LogP contribution in [-0.4, -0.2) is 22.7 Å². The second-order valence-electron chi connectivity index (χ2n) is 4.89. The van der Waals surface area contributed by atoms with E-state index in [0.29, 0.717) is 22.4 Å². The van der Waals surface area contributed by atoms with E-state index in [1.165, 1.54) is 6.08 Å². The summed E-state index contributed by atoms with van der Waals surface area (Å²) in [6.07, 6.45) is 6.71. The zero-order chi connectivity index (χ0) is 17.6. The van der Waals surface area contributed by atoms with E-state index in [2.05, 4.69) is 10.9 Å². The SMILES string of the molecule is C#CCOc1ccccc1/C=C(\Sc1nc2ccccc2o1)C(=O)O. The number of aromatic nitrogens is 1. The van der Waals surface area contributed by atoms with Crippen LogP contribution in [0, 0.1) is 12.3 Å². The topological polar surface area (TPSA) is 72.6 Å². The van der Waals surface area contributed by atoms with Gasteiger partial charge in [-0.15, -0.1) is 6.42 Å². The molecule has 0 radical (unpaired) electrons. The van der Waals surface area contributed by atoms with E-state index in [9.17, 15) is 9.90 Å². The summed E-state index contributed by atoms with van der Waals surface area (Å²) in [5.74, 6) is 1.81. The summed E-state index contributed by atoms with van der Waals surface area (Å²) in [4.78, 5) is 16.0. The smallest absolute Gasteiger partial charge is 0.342 e. The maximum absolute atomic E-state index is 11.6. The predicted molar refractivity (Wildman–Crippen MR) is 96.2 cm³/mol. The molecule has 0 aliphatic carbocycles. The van der Waals surface area contributed by atoms with Gasteiger partial charge in [-0.2, -0.15) is 0 Å². The molecular weight excluding hydrogens is 338 g/mol. The van der Waals surface area contributed by atoms with Gasteiger partial charge in [-0.25, -0.2) is 9.78 Å². The standard InChI is InChI=1S/C19H13NO4S/c1-2-11-23-15-9-5-3-7-13(15)12-17(18(21)22)25-19-20-14-8-4-6-10-16(14)24-19/h1,3-10,12H,11H2,(H,21,22)/b17-12-. The molecule has 0 saturated carbocycles. The number of carboxylic acids is 1. The van der Waals surface area contributed by atoms with Crippen molar-refractivity contribution in [3.05, 3.63) is 59.0 Å². The number of aliphatic carboxylic acids is 1. The van der Waals surface area contributed by atoms with E-state index in [1.807, 2.05) is 12.1 Å². The second-order valence-corrected chi connectivity index (χ2v) is 5.89. The van der Waals surface area contributed by atoms with Crippen LogP contribution in [0.5, 0.6) is 5.75 Å². The summed E-state index contributed by atoms with van der Waals surface area (Å²) in [5.41, 5.74) is 1.89. The van der Waals surface area contributed by atoms with Crippen molar-refractivity contribution in [2.75, 3.05) is 6.61 Å². The van der Waals surface area contributed by atoms with Gasteiger partial charge in [-0.05, 0) is 36.0 Å². The number of oxazole rings is 1. The summed E-state index contributed by atoms with van der Waals surface area (Å²) >= 11 is 0.938. The van der Waals surface area contributed by atoms with Crippen LogP contribution in [0.1, 0.15) is 5.56 Å². The van der Waals surface area contributed by atoms with Crippen LogP contribution in [-0.2, 0) is 4.79 Å². The van der Waals surface area contributed by atoms with Crippen molar-refractivity contribution in [1.82, 2.24) is 4.98 Å². The molecule has 0 saturated heterocycles. The Bertz CT molecular complexity index is 951. The Labute approximate surface area is 148 Å². The first kappa shape index (κ1) is 16.7. The minimum Gasteiger partial charge on any atom is -0.480 e. The number of ether oxygens (including phenoxy) is 1. The Balaban J connectivity index is 1.92. The molecule has 1 heterocycles. The van der Waals surface area contributed by atoms with Gasteiger partial charge in [-0.1, -0.05) is 36.3 Å². The van der Waals surface area contributed by atoms with Crippen LogP contribution in [0.15, 0.2) is 63.1 Å². The molecule has 0 amide bonds. The molecule has 1 N–H and O–H groups in total. The van der Waals surface area contributed by atoms with Gasteiger partial charge in [0.2, 0.25) is 0 Å². The molecule has 0 aliphatic rings. The van der Waals surface area contributed by atoms with E-state index in [4.69, 9.17) is 15.6 Å². The Kier molecular flexibility index (Phi) is 5.07. The maximum Gasteiger partial charge on any atom is 0.342 e. The number of benzene rings is 2. The highest BCUT2D eigenvalue weighted by atomic mass is 32.2. The molecule has 0 aliphatic heterocycles. The molecule has 6 heteroatoms. The van der Waals surface area contributed by atoms with Crippen molar-refractivity contribution in [1.29, 1.82) is 0 Å². The minimum atomic E-state index is -1.08. The highest BCUT2D eigenvalue weighted by Crippen LogP contribution is 2.32. The van der Waals surface area contributed by atoms with Gasteiger partial charge < -0.3 is 14.3 Å². The Hall–Kier alpha value is -3.17. The van der Waals surface area contributed by atoms with Crippen LogP contribution < -0.4 is 4.74 Å². The molecule has 5 nitrogen and oxygen atoms in total. The van der Waals surface area contributed by atoms with Crippen molar-refractivity contribution in [2.24, 2.45) is 0 Å². The molecule has 2 aromatic carbocycles. The van der Waals surface area contributed by atoms with Gasteiger partial charge in [0, 0.05) is 5.56 Å². The highest BCUT2D eigenvalue weighted by Gasteiger charge is 2.15. The minimum absolute atomic E-state index is 0.0586. The number of para-hydroxylation sites is 3. The summed E-state index contributed by atoms with van der Waals surface area (Å²) in [7, 11) is 0. The number of hydrogen-bond acceptors (Lipinski definition) is 5. The van der Waals surface area contributed by atoms with Gasteiger partial charge >= 0.3 is 5.97 Å². The lowest BCUT2D eigenvalue weighted by atomic mass is 10.2. The first-order valence-corrected chi connectivity index (χ1v) is 8.13. The van der Waals surface area contributed by atoms with Gasteiger partial charge in [0.25, 0.3) is 5.22 Å². The molecule has 3 rings (SSSR count). The summed E-state index contributed by atoms with van der Waals surface area (Å²) < 4.78 is 11.0. The van der Waals surface area contributed by atoms with Gasteiger partial charge in [-0.3, -0.25) is 0 Å². The molecule has 25 heavy (non-hydrogen) atoms. The molecule has 1 aromatic heterocycles. The zero-order valence-corrected chi connectivity index (χ0v) is 13.8. The first-order valence-electron chi connectivity index (χ1n) is 7.31. The van der Waals surface area contributed by atoms with Crippen molar-refractivity contribution >= 4 is 34.9 Å². The number of terminal acetylenes is 1. The largest absolute Gasteiger partial charge is 0.480 e. The van der Waals surface area contributed by atoms with Crippen molar-refractivity contribution in [3.63, 3.8) is 0 Å². The molecule has 0 unspecified atom stereocenters. The third kappa shape index (κ3) is 4.03. The molecule has 3 aromatic rings. The number of carbonyl (C=O) groups is 1. The molecule has 0 fully saturated rings. The summed E-state index contributed by atoms with van der Waals surface area (Å²) in [5, 5.41) is 9.77. The lowest BCUT2D eigenvalue weighted by molar-refractivity contribution is -0.131. The fraction of sp³-hybridized carbons (Fsp3) is 0.0526. The van der Waals surface area contributed by atoms with Crippen LogP contribution in [0.25, 0.3) is 17.2 Å². The van der Waals surface area contributed by atoms with Gasteiger partial charge in [0.1, 0.15) is 22.8 Å². The fourth-order valence-corrected chi connectivity index (χ4v) is 2.85. The summed E-state index contributed by atoms with van der Waals surface area (Å²) in [6, 6.07) is 14.3. The zero-order valence-electron chi connectivity index (χ0n) is 13.0. The molecule has 124 valence electrons. The van der Waals surface area contributed by atoms with Crippen LogP contribution >= 0.6 is 11.8 Å². The molecule has 0 bridgehead atoms. The van der Waals surface area contributed by atoms with E-state index >= 15 is 0 Å². The van der Waals surface area contributed by atoms with Crippen LogP contribution in [0.4, 0.5) is 0 Å². The number of fused-ring (bicyclic) bond motifs is 1. The Morgan fingerprint density at radius 2 is 2.04 bits per heavy atom. The van der Waals surface area contributed by atoms with Crippen LogP contribution in [0.2, 0.25) is 0 Å². The number of nitrogens with zero attached hydrogens (tertiary/aromatic N) is 1. The lowest BCUT2D eigenvalue weighted by Gasteiger charge is -2.07. The number of rotatable bonds is 6. The highest BCUT2D eigenvalue weighted by molar-refractivity contribution is 8.03. The normalized spacial score (nSPS) is 11.2. The number of hydrogen-bond donors (Lipinski definition) is 1. The number of carboxylic acid groups (broad SMARTS) is 1. The van der Waals surface area contributed by atoms with E-state index in [-0.39, 0.29) is 16.7 Å². The quantitative estimate of drug-likeness (QED) is 0.410. The molecule has 0 spiro atoms. The Morgan fingerprint density at radius 1 is 1.28 bits per heavy atom. The molecule has 0 atom stereocenters. The van der Waals surface area contributed by atoms with Crippen molar-refractivity contribution < 1.29 is 19.1 Å². The average Bonchev–Trinajstić information content (AvgIpc) is 3.02. The second kappa shape index (κ2) is 7.60. The fourth-order valence-electron chi connectivity index (χ4n) is 2.12. The van der Waals surface area contributed by atoms with Crippen molar-refractivity contribution in [2.45, 2.75) is 5.22 Å². The van der Waals surface area contributed by atoms with Gasteiger partial charge in [0.05, 0.1) is 0 Å². The monoisotopic (exact) mass is 351 g/mol. The Morgan fingerprint density at radius 3 is 2.80 bits per heavy atom. The third-order valence-corrected chi connectivity index (χ3v) is 4.06. The lowest BCUT2D eigenvalue weighted by Crippen LogP contribution is -1.99. The van der Waals surface area contributed by atoms with Crippen molar-refractivity contribution in [3.8, 4) is 18.1 Å². The van der Waals surface area contributed by atoms with E-state index in [1.54, 1.807) is 36.4 Å². The van der Waals surface area contributed by atoms with Crippen LogP contribution in [0.3, 0.4) is 0 Å². The van der Waals surface area contributed by atoms with E-state index < -0.39 is 5.97 Å². The number of thioether (sulfide) groups is 1. The van der Waals surface area contributed by atoms with E-state index in [0.717, 1.165) is 11.8 Å².